The number of hydrogen-bond acceptors (Lipinski definition) is 4. The lowest BCUT2D eigenvalue weighted by Gasteiger charge is -2.10. The first-order chi connectivity index (χ1) is 10.1. The fourth-order valence-electron chi connectivity index (χ4n) is 1.90. The molecular formula is C15H15ClN2O3. The number of hydrogen-bond donors (Lipinski definition) is 1. The Morgan fingerprint density at radius 2 is 2.05 bits per heavy atom. The first-order valence-electron chi connectivity index (χ1n) is 6.50. The van der Waals surface area contributed by atoms with E-state index in [0.29, 0.717) is 29.6 Å². The van der Waals surface area contributed by atoms with Crippen LogP contribution in [0.3, 0.4) is 0 Å². The second-order valence-electron chi connectivity index (χ2n) is 4.31. The summed E-state index contributed by atoms with van der Waals surface area (Å²) >= 11 is 6.07. The van der Waals surface area contributed by atoms with Crippen LogP contribution in [0.4, 0.5) is 11.4 Å². The van der Waals surface area contributed by atoms with Gasteiger partial charge in [0.1, 0.15) is 11.4 Å². The molecule has 0 saturated heterocycles. The number of anilines is 1. The van der Waals surface area contributed by atoms with Gasteiger partial charge in [-0.15, -0.1) is 0 Å². The average Bonchev–Trinajstić information content (AvgIpc) is 2.47. The monoisotopic (exact) mass is 306 g/mol. The van der Waals surface area contributed by atoms with Gasteiger partial charge in [0.2, 0.25) is 0 Å². The van der Waals surface area contributed by atoms with Gasteiger partial charge < -0.3 is 10.1 Å². The van der Waals surface area contributed by atoms with E-state index in [1.807, 2.05) is 25.1 Å². The zero-order chi connectivity index (χ0) is 15.2. The predicted molar refractivity (Wildman–Crippen MR) is 83.0 cm³/mol. The summed E-state index contributed by atoms with van der Waals surface area (Å²) in [6.45, 7) is 2.70. The minimum absolute atomic E-state index is 0.0204. The minimum atomic E-state index is -0.433. The lowest BCUT2D eigenvalue weighted by molar-refractivity contribution is -0.384. The average molecular weight is 307 g/mol. The summed E-state index contributed by atoms with van der Waals surface area (Å²) in [6, 6.07) is 12.1. The summed E-state index contributed by atoms with van der Waals surface area (Å²) in [6.07, 6.45) is 0. The molecule has 0 fully saturated rings. The van der Waals surface area contributed by atoms with E-state index in [4.69, 9.17) is 16.3 Å². The Hall–Kier alpha value is -2.27. The molecule has 2 rings (SSSR count). The van der Waals surface area contributed by atoms with E-state index in [2.05, 4.69) is 5.32 Å². The van der Waals surface area contributed by atoms with Gasteiger partial charge in [-0.3, -0.25) is 10.1 Å². The maximum atomic E-state index is 11.1. The van der Waals surface area contributed by atoms with Gasteiger partial charge in [-0.1, -0.05) is 29.8 Å². The molecule has 5 nitrogen and oxygen atoms in total. The maximum absolute atomic E-state index is 11.1. The number of halogens is 1. The van der Waals surface area contributed by atoms with Crippen LogP contribution >= 0.6 is 11.6 Å². The zero-order valence-corrected chi connectivity index (χ0v) is 12.3. The van der Waals surface area contributed by atoms with Crippen molar-refractivity contribution in [3.63, 3.8) is 0 Å². The highest BCUT2D eigenvalue weighted by atomic mass is 35.5. The molecule has 0 aliphatic heterocycles. The fraction of sp³-hybridized carbons (Fsp3) is 0.200. The molecule has 6 heteroatoms. The third kappa shape index (κ3) is 3.86. The molecule has 21 heavy (non-hydrogen) atoms. The Labute approximate surface area is 127 Å². The molecule has 0 unspecified atom stereocenters. The van der Waals surface area contributed by atoms with Gasteiger partial charge in [0.05, 0.1) is 17.6 Å². The number of nitrogens with zero attached hydrogens (tertiary/aromatic N) is 1. The zero-order valence-electron chi connectivity index (χ0n) is 11.5. The van der Waals surface area contributed by atoms with Crippen molar-refractivity contribution in [3.05, 3.63) is 63.2 Å². The summed E-state index contributed by atoms with van der Waals surface area (Å²) in [7, 11) is 0. The molecule has 0 spiro atoms. The maximum Gasteiger partial charge on any atom is 0.296 e. The Morgan fingerprint density at radius 3 is 2.71 bits per heavy atom. The van der Waals surface area contributed by atoms with Crippen molar-refractivity contribution in [1.82, 2.24) is 0 Å². The summed E-state index contributed by atoms with van der Waals surface area (Å²) < 4.78 is 5.28. The van der Waals surface area contributed by atoms with E-state index in [1.165, 1.54) is 6.07 Å². The van der Waals surface area contributed by atoms with Gasteiger partial charge in [0.15, 0.2) is 0 Å². The lowest BCUT2D eigenvalue weighted by atomic mass is 10.2. The van der Waals surface area contributed by atoms with Crippen LogP contribution in [0.15, 0.2) is 42.5 Å². The molecule has 2 aromatic rings. The largest absolute Gasteiger partial charge is 0.494 e. The third-order valence-corrected chi connectivity index (χ3v) is 3.27. The van der Waals surface area contributed by atoms with Gasteiger partial charge >= 0.3 is 0 Å². The van der Waals surface area contributed by atoms with Crippen LogP contribution in [-0.2, 0) is 6.54 Å². The van der Waals surface area contributed by atoms with Crippen molar-refractivity contribution >= 4 is 23.0 Å². The van der Waals surface area contributed by atoms with E-state index < -0.39 is 4.92 Å². The minimum Gasteiger partial charge on any atom is -0.494 e. The summed E-state index contributed by atoms with van der Waals surface area (Å²) in [4.78, 5) is 10.7. The molecule has 2 aromatic carbocycles. The Balaban J connectivity index is 2.19. The van der Waals surface area contributed by atoms with Crippen LogP contribution in [0, 0.1) is 10.1 Å². The molecule has 0 bridgehead atoms. The van der Waals surface area contributed by atoms with Crippen molar-refractivity contribution in [3.8, 4) is 5.75 Å². The van der Waals surface area contributed by atoms with Gasteiger partial charge in [-0.2, -0.15) is 0 Å². The van der Waals surface area contributed by atoms with Crippen LogP contribution in [0.5, 0.6) is 5.75 Å². The van der Waals surface area contributed by atoms with Crippen molar-refractivity contribution in [1.29, 1.82) is 0 Å². The number of nitro benzene ring substituents is 1. The third-order valence-electron chi connectivity index (χ3n) is 2.90. The van der Waals surface area contributed by atoms with Crippen molar-refractivity contribution < 1.29 is 9.66 Å². The van der Waals surface area contributed by atoms with Crippen LogP contribution < -0.4 is 10.1 Å². The highest BCUT2D eigenvalue weighted by Gasteiger charge is 2.15. The van der Waals surface area contributed by atoms with E-state index >= 15 is 0 Å². The Kier molecular flexibility index (Phi) is 5.00. The van der Waals surface area contributed by atoms with E-state index in [-0.39, 0.29) is 5.69 Å². The number of benzene rings is 2. The highest BCUT2D eigenvalue weighted by Crippen LogP contribution is 2.30. The van der Waals surface area contributed by atoms with E-state index in [9.17, 15) is 10.1 Å². The van der Waals surface area contributed by atoms with E-state index in [1.54, 1.807) is 18.2 Å². The Bertz CT molecular complexity index is 647. The molecule has 0 amide bonds. The molecule has 110 valence electrons. The second kappa shape index (κ2) is 6.95. The standard InChI is InChI=1S/C15H15ClN2O3/c1-2-21-12-7-8-14(15(9-12)18(19)20)17-10-11-5-3-4-6-13(11)16/h3-9,17H,2,10H2,1H3. The van der Waals surface area contributed by atoms with Crippen molar-refractivity contribution in [2.45, 2.75) is 13.5 Å². The van der Waals surface area contributed by atoms with Crippen LogP contribution in [0.25, 0.3) is 0 Å². The summed E-state index contributed by atoms with van der Waals surface area (Å²) in [5.74, 6) is 0.479. The number of rotatable bonds is 6. The van der Waals surface area contributed by atoms with E-state index in [0.717, 1.165) is 5.56 Å². The molecule has 0 aromatic heterocycles. The van der Waals surface area contributed by atoms with Gasteiger partial charge in [-0.05, 0) is 30.7 Å². The van der Waals surface area contributed by atoms with Gasteiger partial charge in [0, 0.05) is 11.6 Å². The molecule has 0 radical (unpaired) electrons. The smallest absolute Gasteiger partial charge is 0.296 e. The molecule has 0 heterocycles. The molecule has 0 saturated carbocycles. The lowest BCUT2D eigenvalue weighted by Crippen LogP contribution is -2.03. The topological polar surface area (TPSA) is 64.4 Å². The SMILES string of the molecule is CCOc1ccc(NCc2ccccc2Cl)c([N+](=O)[O-])c1. The molecule has 1 N–H and O–H groups in total. The fourth-order valence-corrected chi connectivity index (χ4v) is 2.10. The molecule has 0 aliphatic carbocycles. The number of nitro groups is 1. The first-order valence-corrected chi connectivity index (χ1v) is 6.88. The van der Waals surface area contributed by atoms with Crippen LogP contribution in [0.2, 0.25) is 5.02 Å². The predicted octanol–water partition coefficient (Wildman–Crippen LogP) is 4.26. The van der Waals surface area contributed by atoms with Crippen molar-refractivity contribution in [2.75, 3.05) is 11.9 Å². The summed E-state index contributed by atoms with van der Waals surface area (Å²) in [5, 5.41) is 14.8. The molecule has 0 atom stereocenters. The summed E-state index contributed by atoms with van der Waals surface area (Å²) in [5.41, 5.74) is 1.29. The normalized spacial score (nSPS) is 10.2. The number of ether oxygens (including phenoxy) is 1. The first kappa shape index (κ1) is 15.1. The highest BCUT2D eigenvalue weighted by molar-refractivity contribution is 6.31. The van der Waals surface area contributed by atoms with Crippen LogP contribution in [-0.4, -0.2) is 11.5 Å². The van der Waals surface area contributed by atoms with Gasteiger partial charge in [-0.25, -0.2) is 0 Å². The van der Waals surface area contributed by atoms with Gasteiger partial charge in [0.25, 0.3) is 5.69 Å². The van der Waals surface area contributed by atoms with Crippen LogP contribution in [0.1, 0.15) is 12.5 Å². The molecular weight excluding hydrogens is 292 g/mol. The molecule has 0 aliphatic rings. The number of nitrogens with one attached hydrogen (secondary N) is 1. The second-order valence-corrected chi connectivity index (χ2v) is 4.72. The Morgan fingerprint density at radius 1 is 1.29 bits per heavy atom. The van der Waals surface area contributed by atoms with Crippen molar-refractivity contribution in [2.24, 2.45) is 0 Å². The quantitative estimate of drug-likeness (QED) is 0.640.